The van der Waals surface area contributed by atoms with Crippen molar-refractivity contribution in [2.45, 2.75) is 17.9 Å². The molecule has 1 unspecified atom stereocenters. The van der Waals surface area contributed by atoms with Gasteiger partial charge in [-0.2, -0.15) is 0 Å². The van der Waals surface area contributed by atoms with E-state index >= 15 is 0 Å². The van der Waals surface area contributed by atoms with Gasteiger partial charge in [0.05, 0.1) is 16.6 Å². The number of ether oxygens (including phenoxy) is 2. The van der Waals surface area contributed by atoms with Crippen LogP contribution in [0.2, 0.25) is 5.02 Å². The van der Waals surface area contributed by atoms with E-state index in [0.717, 1.165) is 5.56 Å². The summed E-state index contributed by atoms with van der Waals surface area (Å²) in [5.41, 5.74) is 1.39. The first-order valence-electron chi connectivity index (χ1n) is 9.41. The monoisotopic (exact) mass is 458 g/mol. The van der Waals surface area contributed by atoms with Crippen LogP contribution in [-0.4, -0.2) is 21.1 Å². The van der Waals surface area contributed by atoms with Gasteiger partial charge in [0.15, 0.2) is 11.5 Å². The Morgan fingerprint density at radius 3 is 2.58 bits per heavy atom. The predicted molar refractivity (Wildman–Crippen MR) is 117 cm³/mol. The van der Waals surface area contributed by atoms with Crippen LogP contribution in [0.1, 0.15) is 28.9 Å². The molecule has 31 heavy (non-hydrogen) atoms. The largest absolute Gasteiger partial charge is 0.454 e. The molecule has 160 valence electrons. The number of amides is 1. The maximum Gasteiger partial charge on any atom is 0.261 e. The number of rotatable bonds is 6. The second kappa shape index (κ2) is 8.49. The van der Waals surface area contributed by atoms with Crippen molar-refractivity contribution >= 4 is 33.2 Å². The van der Waals surface area contributed by atoms with Crippen LogP contribution >= 0.6 is 11.6 Å². The van der Waals surface area contributed by atoms with E-state index in [1.807, 2.05) is 13.0 Å². The van der Waals surface area contributed by atoms with Crippen LogP contribution in [0.25, 0.3) is 0 Å². The number of carbonyl (C=O) groups excluding carboxylic acids is 1. The molecule has 0 bridgehead atoms. The summed E-state index contributed by atoms with van der Waals surface area (Å²) in [5.74, 6) is 0.617. The highest BCUT2D eigenvalue weighted by molar-refractivity contribution is 7.92. The molecule has 2 N–H and O–H groups in total. The Balaban J connectivity index is 1.51. The molecular formula is C22H19ClN2O5S. The minimum absolute atomic E-state index is 0.0341. The minimum Gasteiger partial charge on any atom is -0.454 e. The third kappa shape index (κ3) is 4.76. The lowest BCUT2D eigenvalue weighted by Crippen LogP contribution is -2.27. The van der Waals surface area contributed by atoms with E-state index in [0.29, 0.717) is 22.2 Å². The maximum absolute atomic E-state index is 12.8. The summed E-state index contributed by atoms with van der Waals surface area (Å²) in [7, 11) is -3.92. The highest BCUT2D eigenvalue weighted by Crippen LogP contribution is 2.34. The molecule has 0 radical (unpaired) electrons. The molecule has 1 amide bonds. The Hall–Kier alpha value is -3.23. The third-order valence-electron chi connectivity index (χ3n) is 4.73. The molecule has 0 fully saturated rings. The number of halogens is 1. The number of fused-ring (bicyclic) bond motifs is 1. The SMILES string of the molecule is CC(NC(=O)c1cccc(S(=O)(=O)Nc2ccc3c(c2)OCO3)c1)c1cccc(Cl)c1. The van der Waals surface area contributed by atoms with Crippen molar-refractivity contribution in [1.29, 1.82) is 0 Å². The Morgan fingerprint density at radius 1 is 1.00 bits per heavy atom. The van der Waals surface area contributed by atoms with Gasteiger partial charge < -0.3 is 14.8 Å². The average Bonchev–Trinajstić information content (AvgIpc) is 3.21. The summed E-state index contributed by atoms with van der Waals surface area (Å²) in [6, 6.07) is 17.4. The summed E-state index contributed by atoms with van der Waals surface area (Å²) in [6.45, 7) is 1.92. The van der Waals surface area contributed by atoms with E-state index in [-0.39, 0.29) is 23.3 Å². The van der Waals surface area contributed by atoms with Gasteiger partial charge in [0, 0.05) is 16.7 Å². The minimum atomic E-state index is -3.92. The van der Waals surface area contributed by atoms with Gasteiger partial charge in [-0.15, -0.1) is 0 Å². The molecule has 7 nitrogen and oxygen atoms in total. The molecule has 3 aromatic carbocycles. The van der Waals surface area contributed by atoms with Gasteiger partial charge in [0.25, 0.3) is 15.9 Å². The zero-order valence-corrected chi connectivity index (χ0v) is 18.0. The summed E-state index contributed by atoms with van der Waals surface area (Å²) in [6.07, 6.45) is 0. The van der Waals surface area contributed by atoms with E-state index < -0.39 is 15.9 Å². The molecule has 1 aliphatic rings. The lowest BCUT2D eigenvalue weighted by Gasteiger charge is -2.15. The van der Waals surface area contributed by atoms with Gasteiger partial charge >= 0.3 is 0 Å². The fourth-order valence-electron chi connectivity index (χ4n) is 3.12. The first-order valence-corrected chi connectivity index (χ1v) is 11.3. The fourth-order valence-corrected chi connectivity index (χ4v) is 4.41. The van der Waals surface area contributed by atoms with Crippen molar-refractivity contribution in [1.82, 2.24) is 5.32 Å². The van der Waals surface area contributed by atoms with Crippen LogP contribution in [-0.2, 0) is 10.0 Å². The fraction of sp³-hybridized carbons (Fsp3) is 0.136. The second-order valence-corrected chi connectivity index (χ2v) is 9.07. The molecule has 1 aliphatic heterocycles. The molecule has 0 saturated carbocycles. The van der Waals surface area contributed by atoms with Crippen molar-refractivity contribution in [3.05, 3.63) is 82.9 Å². The Labute approximate surface area is 185 Å². The number of hydrogen-bond acceptors (Lipinski definition) is 5. The van der Waals surface area contributed by atoms with Crippen LogP contribution in [0.3, 0.4) is 0 Å². The highest BCUT2D eigenvalue weighted by atomic mass is 35.5. The van der Waals surface area contributed by atoms with Gasteiger partial charge in [-0.05, 0) is 55.0 Å². The molecule has 0 aliphatic carbocycles. The lowest BCUT2D eigenvalue weighted by molar-refractivity contribution is 0.0939. The molecule has 0 saturated heterocycles. The van der Waals surface area contributed by atoms with Crippen LogP contribution in [0.15, 0.2) is 71.6 Å². The Morgan fingerprint density at radius 2 is 1.77 bits per heavy atom. The number of nitrogens with one attached hydrogen (secondary N) is 2. The van der Waals surface area contributed by atoms with Crippen molar-refractivity contribution in [2.75, 3.05) is 11.5 Å². The lowest BCUT2D eigenvalue weighted by atomic mass is 10.1. The van der Waals surface area contributed by atoms with Crippen LogP contribution < -0.4 is 19.5 Å². The van der Waals surface area contributed by atoms with Crippen LogP contribution in [0.5, 0.6) is 11.5 Å². The zero-order chi connectivity index (χ0) is 22.0. The van der Waals surface area contributed by atoms with Crippen LogP contribution in [0.4, 0.5) is 5.69 Å². The van der Waals surface area contributed by atoms with E-state index in [1.54, 1.807) is 42.5 Å². The van der Waals surface area contributed by atoms with E-state index in [2.05, 4.69) is 10.0 Å². The molecule has 1 atom stereocenters. The van der Waals surface area contributed by atoms with Crippen LogP contribution in [0, 0.1) is 0 Å². The normalized spacial score (nSPS) is 13.5. The van der Waals surface area contributed by atoms with Gasteiger partial charge in [-0.3, -0.25) is 9.52 Å². The standard InChI is InChI=1S/C22H19ClN2O5S/c1-14(15-4-2-6-17(23)10-15)24-22(26)16-5-3-7-19(11-16)31(27,28)25-18-8-9-20-21(12-18)30-13-29-20/h2-12,14,25H,13H2,1H3,(H,24,26). The number of carbonyl (C=O) groups is 1. The van der Waals surface area contributed by atoms with Gasteiger partial charge in [-0.1, -0.05) is 29.8 Å². The highest BCUT2D eigenvalue weighted by Gasteiger charge is 2.20. The van der Waals surface area contributed by atoms with Gasteiger partial charge in [0.1, 0.15) is 0 Å². The Kier molecular flexibility index (Phi) is 5.75. The summed E-state index contributed by atoms with van der Waals surface area (Å²) in [5, 5.41) is 3.42. The number of anilines is 1. The van der Waals surface area contributed by atoms with Gasteiger partial charge in [0.2, 0.25) is 6.79 Å². The summed E-state index contributed by atoms with van der Waals surface area (Å²) >= 11 is 6.01. The topological polar surface area (TPSA) is 93.7 Å². The van der Waals surface area contributed by atoms with Crippen molar-refractivity contribution in [3.63, 3.8) is 0 Å². The number of hydrogen-bond donors (Lipinski definition) is 2. The Bertz CT molecular complexity index is 1250. The quantitative estimate of drug-likeness (QED) is 0.572. The molecular weight excluding hydrogens is 440 g/mol. The predicted octanol–water partition coefficient (Wildman–Crippen LogP) is 4.36. The average molecular weight is 459 g/mol. The van der Waals surface area contributed by atoms with E-state index in [4.69, 9.17) is 21.1 Å². The van der Waals surface area contributed by atoms with Crippen molar-refractivity contribution < 1.29 is 22.7 Å². The first-order chi connectivity index (χ1) is 14.8. The zero-order valence-electron chi connectivity index (χ0n) is 16.5. The molecule has 0 spiro atoms. The number of benzene rings is 3. The maximum atomic E-state index is 12.8. The summed E-state index contributed by atoms with van der Waals surface area (Å²) < 4.78 is 38.7. The van der Waals surface area contributed by atoms with Gasteiger partial charge in [-0.25, -0.2) is 8.42 Å². The first kappa shape index (κ1) is 21.0. The molecule has 9 heteroatoms. The third-order valence-corrected chi connectivity index (χ3v) is 6.34. The molecule has 1 heterocycles. The molecule has 4 rings (SSSR count). The van der Waals surface area contributed by atoms with E-state index in [9.17, 15) is 13.2 Å². The molecule has 0 aromatic heterocycles. The van der Waals surface area contributed by atoms with E-state index in [1.165, 1.54) is 18.2 Å². The smallest absolute Gasteiger partial charge is 0.261 e. The molecule has 3 aromatic rings. The van der Waals surface area contributed by atoms with Crippen molar-refractivity contribution in [3.8, 4) is 11.5 Å². The summed E-state index contributed by atoms with van der Waals surface area (Å²) in [4.78, 5) is 12.7. The second-order valence-electron chi connectivity index (χ2n) is 6.95. The number of sulfonamides is 1. The van der Waals surface area contributed by atoms with Crippen molar-refractivity contribution in [2.24, 2.45) is 0 Å².